The topological polar surface area (TPSA) is 84.1 Å². The summed E-state index contributed by atoms with van der Waals surface area (Å²) in [5.41, 5.74) is 2.58. The Morgan fingerprint density at radius 3 is 2.16 bits per heavy atom. The van der Waals surface area contributed by atoms with Crippen molar-refractivity contribution in [3.8, 4) is 28.1 Å². The van der Waals surface area contributed by atoms with Gasteiger partial charge in [-0.05, 0) is 36.2 Å². The number of H-pyrrole nitrogens is 1. The molecule has 1 aromatic heterocycles. The van der Waals surface area contributed by atoms with Crippen LogP contribution in [0.25, 0.3) is 22.4 Å². The van der Waals surface area contributed by atoms with Crippen LogP contribution in [-0.2, 0) is 0 Å². The summed E-state index contributed by atoms with van der Waals surface area (Å²) in [7, 11) is 0. The molecular weight excluding hydrogens is 402 g/mol. The second-order valence-corrected chi connectivity index (χ2v) is 7.21. The molecule has 0 aliphatic rings. The Morgan fingerprint density at radius 1 is 0.906 bits per heavy atom. The van der Waals surface area contributed by atoms with Crippen molar-refractivity contribution < 1.29 is 9.53 Å². The molecule has 2 N–H and O–H groups in total. The number of hydrogen-bond acceptors (Lipinski definition) is 4. The van der Waals surface area contributed by atoms with Crippen LogP contribution >= 0.6 is 0 Å². The number of rotatable bonds is 7. The predicted molar refractivity (Wildman–Crippen MR) is 126 cm³/mol. The standard InChI is InChI=1S/C26H23N3O3/c1-2-17-32-21-15-13-20(14-16-21)27-25(30)23-22(18-9-5-3-6-10-18)24(28-29-26(23)31)19-11-7-4-8-12-19/h3-16H,2,17H2,1H3,(H,27,30)(H,29,31). The van der Waals surface area contributed by atoms with Crippen LogP contribution in [0, 0.1) is 0 Å². The monoisotopic (exact) mass is 425 g/mol. The highest BCUT2D eigenvalue weighted by atomic mass is 16.5. The van der Waals surface area contributed by atoms with E-state index in [0.29, 0.717) is 23.6 Å². The molecule has 3 aromatic carbocycles. The van der Waals surface area contributed by atoms with E-state index in [2.05, 4.69) is 15.5 Å². The van der Waals surface area contributed by atoms with E-state index in [-0.39, 0.29) is 5.56 Å². The molecule has 160 valence electrons. The highest BCUT2D eigenvalue weighted by Crippen LogP contribution is 2.32. The van der Waals surface area contributed by atoms with Gasteiger partial charge in [0.1, 0.15) is 11.3 Å². The van der Waals surface area contributed by atoms with Crippen molar-refractivity contribution in [1.29, 1.82) is 0 Å². The van der Waals surface area contributed by atoms with Crippen LogP contribution in [0.3, 0.4) is 0 Å². The maximum Gasteiger partial charge on any atom is 0.277 e. The second kappa shape index (κ2) is 9.75. The summed E-state index contributed by atoms with van der Waals surface area (Å²) in [5.74, 6) is 0.217. The zero-order valence-corrected chi connectivity index (χ0v) is 17.7. The van der Waals surface area contributed by atoms with Gasteiger partial charge in [-0.3, -0.25) is 9.59 Å². The quantitative estimate of drug-likeness (QED) is 0.429. The molecule has 0 saturated carbocycles. The average Bonchev–Trinajstić information content (AvgIpc) is 2.84. The van der Waals surface area contributed by atoms with Crippen LogP contribution in [-0.4, -0.2) is 22.7 Å². The van der Waals surface area contributed by atoms with Crippen LogP contribution in [0.15, 0.2) is 89.7 Å². The van der Waals surface area contributed by atoms with Crippen molar-refractivity contribution in [3.63, 3.8) is 0 Å². The second-order valence-electron chi connectivity index (χ2n) is 7.21. The minimum atomic E-state index is -0.552. The number of nitrogens with one attached hydrogen (secondary N) is 2. The van der Waals surface area contributed by atoms with E-state index < -0.39 is 11.5 Å². The van der Waals surface area contributed by atoms with Crippen molar-refractivity contribution in [3.05, 3.63) is 101 Å². The van der Waals surface area contributed by atoms with E-state index in [9.17, 15) is 9.59 Å². The minimum Gasteiger partial charge on any atom is -0.494 e. The van der Waals surface area contributed by atoms with Gasteiger partial charge in [0.05, 0.1) is 12.3 Å². The van der Waals surface area contributed by atoms with Gasteiger partial charge in [-0.25, -0.2) is 5.10 Å². The zero-order valence-electron chi connectivity index (χ0n) is 17.7. The zero-order chi connectivity index (χ0) is 22.3. The molecule has 1 heterocycles. The van der Waals surface area contributed by atoms with Crippen LogP contribution < -0.4 is 15.6 Å². The number of nitrogens with zero attached hydrogens (tertiary/aromatic N) is 1. The summed E-state index contributed by atoms with van der Waals surface area (Å²) >= 11 is 0. The van der Waals surface area contributed by atoms with E-state index >= 15 is 0 Å². The molecule has 0 atom stereocenters. The summed E-state index contributed by atoms with van der Waals surface area (Å²) in [5, 5.41) is 9.60. The lowest BCUT2D eigenvalue weighted by molar-refractivity contribution is 0.102. The Kier molecular flexibility index (Phi) is 6.41. The highest BCUT2D eigenvalue weighted by Gasteiger charge is 2.23. The molecule has 0 fully saturated rings. The van der Waals surface area contributed by atoms with E-state index in [1.807, 2.05) is 67.6 Å². The largest absolute Gasteiger partial charge is 0.494 e. The third kappa shape index (κ3) is 4.59. The molecule has 6 heteroatoms. The van der Waals surface area contributed by atoms with E-state index in [0.717, 1.165) is 23.3 Å². The minimum absolute atomic E-state index is 0.0105. The summed E-state index contributed by atoms with van der Waals surface area (Å²) in [6.07, 6.45) is 0.912. The van der Waals surface area contributed by atoms with Crippen molar-refractivity contribution in [2.75, 3.05) is 11.9 Å². The fourth-order valence-electron chi connectivity index (χ4n) is 3.41. The first-order chi connectivity index (χ1) is 15.7. The highest BCUT2D eigenvalue weighted by molar-refractivity contribution is 6.10. The predicted octanol–water partition coefficient (Wildman–Crippen LogP) is 5.15. The number of aromatic amines is 1. The van der Waals surface area contributed by atoms with Crippen LogP contribution in [0.1, 0.15) is 23.7 Å². The Balaban J connectivity index is 1.76. The van der Waals surface area contributed by atoms with Gasteiger partial charge in [-0.15, -0.1) is 0 Å². The number of anilines is 1. The lowest BCUT2D eigenvalue weighted by Gasteiger charge is -2.14. The molecule has 0 saturated heterocycles. The molecule has 0 spiro atoms. The fraction of sp³-hybridized carbons (Fsp3) is 0.115. The van der Waals surface area contributed by atoms with Gasteiger partial charge < -0.3 is 10.1 Å². The Bertz CT molecular complexity index is 1250. The summed E-state index contributed by atoms with van der Waals surface area (Å²) in [6.45, 7) is 2.66. The van der Waals surface area contributed by atoms with Crippen molar-refractivity contribution in [2.45, 2.75) is 13.3 Å². The maximum atomic E-state index is 13.3. The van der Waals surface area contributed by atoms with Crippen LogP contribution in [0.4, 0.5) is 5.69 Å². The number of carbonyl (C=O) groups is 1. The number of ether oxygens (including phenoxy) is 1. The first-order valence-electron chi connectivity index (χ1n) is 10.4. The van der Waals surface area contributed by atoms with Crippen LogP contribution in [0.5, 0.6) is 5.75 Å². The fourth-order valence-corrected chi connectivity index (χ4v) is 3.41. The maximum absolute atomic E-state index is 13.3. The normalized spacial score (nSPS) is 10.5. The van der Waals surface area contributed by atoms with Gasteiger partial charge in [-0.2, -0.15) is 5.10 Å². The summed E-state index contributed by atoms with van der Waals surface area (Å²) < 4.78 is 5.58. The smallest absolute Gasteiger partial charge is 0.277 e. The van der Waals surface area contributed by atoms with E-state index in [1.165, 1.54) is 0 Å². The number of amides is 1. The Morgan fingerprint density at radius 2 is 1.53 bits per heavy atom. The number of aromatic nitrogens is 2. The molecule has 0 radical (unpaired) electrons. The van der Waals surface area contributed by atoms with Crippen molar-refractivity contribution in [1.82, 2.24) is 10.2 Å². The van der Waals surface area contributed by atoms with Gasteiger partial charge in [-0.1, -0.05) is 67.6 Å². The number of hydrogen-bond donors (Lipinski definition) is 2. The Labute approximate surface area is 185 Å². The van der Waals surface area contributed by atoms with Gasteiger partial charge in [0.2, 0.25) is 0 Å². The lowest BCUT2D eigenvalue weighted by Crippen LogP contribution is -2.26. The van der Waals surface area contributed by atoms with Gasteiger partial charge in [0.15, 0.2) is 0 Å². The lowest BCUT2D eigenvalue weighted by atomic mass is 9.95. The Hall–Kier alpha value is -4.19. The average molecular weight is 425 g/mol. The van der Waals surface area contributed by atoms with E-state index in [4.69, 9.17) is 4.74 Å². The van der Waals surface area contributed by atoms with Gasteiger partial charge >= 0.3 is 0 Å². The first kappa shape index (κ1) is 21.1. The molecule has 1 amide bonds. The van der Waals surface area contributed by atoms with Gasteiger partial charge in [0, 0.05) is 16.8 Å². The SMILES string of the molecule is CCCOc1ccc(NC(=O)c2c(-c3ccccc3)c(-c3ccccc3)n[nH]c2=O)cc1. The third-order valence-electron chi connectivity index (χ3n) is 4.90. The number of carbonyl (C=O) groups excluding carboxylic acids is 1. The van der Waals surface area contributed by atoms with Crippen molar-refractivity contribution in [2.24, 2.45) is 0 Å². The molecule has 4 rings (SSSR count). The van der Waals surface area contributed by atoms with E-state index in [1.54, 1.807) is 24.3 Å². The molecule has 4 aromatic rings. The summed E-state index contributed by atoms with van der Waals surface area (Å²) in [6, 6.07) is 25.9. The van der Waals surface area contributed by atoms with Crippen molar-refractivity contribution >= 4 is 11.6 Å². The molecular formula is C26H23N3O3. The third-order valence-corrected chi connectivity index (χ3v) is 4.90. The molecule has 0 aliphatic carbocycles. The summed E-state index contributed by atoms with van der Waals surface area (Å²) in [4.78, 5) is 26.1. The van der Waals surface area contributed by atoms with Gasteiger partial charge in [0.25, 0.3) is 11.5 Å². The first-order valence-corrected chi connectivity index (χ1v) is 10.4. The van der Waals surface area contributed by atoms with Crippen LogP contribution in [0.2, 0.25) is 0 Å². The molecule has 32 heavy (non-hydrogen) atoms. The number of benzene rings is 3. The molecule has 6 nitrogen and oxygen atoms in total. The molecule has 0 aliphatic heterocycles. The molecule has 0 unspecified atom stereocenters. The molecule has 0 bridgehead atoms.